The summed E-state index contributed by atoms with van der Waals surface area (Å²) in [6, 6.07) is 6.99. The predicted octanol–water partition coefficient (Wildman–Crippen LogP) is 1.37. The van der Waals surface area contributed by atoms with Crippen LogP contribution in [0.15, 0.2) is 24.3 Å². The molecule has 0 fully saturated rings. The van der Waals surface area contributed by atoms with E-state index in [9.17, 15) is 4.79 Å². The van der Waals surface area contributed by atoms with Crippen LogP contribution in [0.5, 0.6) is 0 Å². The summed E-state index contributed by atoms with van der Waals surface area (Å²) in [6.07, 6.45) is 0. The van der Waals surface area contributed by atoms with Gasteiger partial charge in [0.1, 0.15) is 4.99 Å². The van der Waals surface area contributed by atoms with E-state index in [4.69, 9.17) is 12.2 Å². The number of nitrogens with one attached hydrogen (secondary N) is 1. The van der Waals surface area contributed by atoms with Gasteiger partial charge in [-0.1, -0.05) is 24.4 Å². The van der Waals surface area contributed by atoms with E-state index in [0.717, 1.165) is 5.56 Å². The van der Waals surface area contributed by atoms with E-state index in [2.05, 4.69) is 10.1 Å². The highest BCUT2D eigenvalue weighted by molar-refractivity contribution is 7.80. The number of hydrogen-bond donors (Lipinski definition) is 1. The lowest BCUT2D eigenvalue weighted by molar-refractivity contribution is 0.0600. The van der Waals surface area contributed by atoms with Crippen molar-refractivity contribution in [2.45, 2.75) is 0 Å². The first-order valence-electron chi connectivity index (χ1n) is 4.09. The molecule has 0 amide bonds. The molecule has 1 aromatic carbocycles. The van der Waals surface area contributed by atoms with Crippen molar-refractivity contribution < 1.29 is 9.53 Å². The summed E-state index contributed by atoms with van der Waals surface area (Å²) in [5.41, 5.74) is 1.31. The Kier molecular flexibility index (Phi) is 3.59. The van der Waals surface area contributed by atoms with Crippen molar-refractivity contribution in [3.05, 3.63) is 35.4 Å². The van der Waals surface area contributed by atoms with Crippen molar-refractivity contribution in [3.8, 4) is 0 Å². The Morgan fingerprint density at radius 3 is 2.64 bits per heavy atom. The first-order valence-corrected chi connectivity index (χ1v) is 4.50. The van der Waals surface area contributed by atoms with Gasteiger partial charge in [0.2, 0.25) is 0 Å². The van der Waals surface area contributed by atoms with Gasteiger partial charge in [0.25, 0.3) is 0 Å². The van der Waals surface area contributed by atoms with E-state index in [-0.39, 0.29) is 5.97 Å². The molecule has 0 radical (unpaired) electrons. The number of rotatable bonds is 2. The first-order chi connectivity index (χ1) is 6.69. The third-order valence-corrected chi connectivity index (χ3v) is 2.21. The molecule has 1 rings (SSSR count). The maximum atomic E-state index is 11.2. The van der Waals surface area contributed by atoms with E-state index < -0.39 is 0 Å². The van der Waals surface area contributed by atoms with Gasteiger partial charge in [0.05, 0.1) is 12.7 Å². The molecule has 1 N–H and O–H groups in total. The zero-order valence-corrected chi connectivity index (χ0v) is 8.85. The Bertz CT molecular complexity index is 332. The molecule has 0 unspecified atom stereocenters. The average Bonchev–Trinajstić information content (AvgIpc) is 2.27. The fourth-order valence-corrected chi connectivity index (χ4v) is 1.18. The van der Waals surface area contributed by atoms with Crippen LogP contribution >= 0.6 is 12.2 Å². The molecule has 0 spiro atoms. The number of methoxy groups -OCH3 is 1. The minimum Gasteiger partial charge on any atom is -0.465 e. The summed E-state index contributed by atoms with van der Waals surface area (Å²) in [5.74, 6) is -0.356. The van der Waals surface area contributed by atoms with Crippen LogP contribution in [0, 0.1) is 0 Å². The van der Waals surface area contributed by atoms with Gasteiger partial charge in [-0.2, -0.15) is 0 Å². The van der Waals surface area contributed by atoms with Crippen LogP contribution in [0.25, 0.3) is 0 Å². The Morgan fingerprint density at radius 2 is 2.07 bits per heavy atom. The number of thiocarbonyl (C=S) groups is 1. The fourth-order valence-electron chi connectivity index (χ4n) is 1.05. The van der Waals surface area contributed by atoms with Crippen molar-refractivity contribution in [2.75, 3.05) is 14.2 Å². The van der Waals surface area contributed by atoms with Crippen LogP contribution in [-0.4, -0.2) is 25.1 Å². The zero-order chi connectivity index (χ0) is 10.6. The number of hydrogen-bond acceptors (Lipinski definition) is 3. The van der Waals surface area contributed by atoms with Crippen LogP contribution in [0.3, 0.4) is 0 Å². The molecular weight excluding hydrogens is 198 g/mol. The van der Waals surface area contributed by atoms with Crippen molar-refractivity contribution in [1.82, 2.24) is 5.32 Å². The SMILES string of the molecule is CNC(=S)c1cccc(C(=O)OC)c1. The summed E-state index contributed by atoms with van der Waals surface area (Å²) in [4.78, 5) is 11.8. The van der Waals surface area contributed by atoms with E-state index in [1.165, 1.54) is 7.11 Å². The van der Waals surface area contributed by atoms with Crippen molar-refractivity contribution >= 4 is 23.2 Å². The maximum Gasteiger partial charge on any atom is 0.337 e. The van der Waals surface area contributed by atoms with Crippen molar-refractivity contribution in [3.63, 3.8) is 0 Å². The molecule has 4 heteroatoms. The summed E-state index contributed by atoms with van der Waals surface area (Å²) in [6.45, 7) is 0. The standard InChI is InChI=1S/C10H11NO2S/c1-11-9(14)7-4-3-5-8(6-7)10(12)13-2/h3-6H,1-2H3,(H,11,14). The molecule has 0 heterocycles. The Labute approximate surface area is 88.1 Å². The number of ether oxygens (including phenoxy) is 1. The molecule has 3 nitrogen and oxygen atoms in total. The summed E-state index contributed by atoms with van der Waals surface area (Å²) < 4.78 is 4.60. The topological polar surface area (TPSA) is 38.3 Å². The van der Waals surface area contributed by atoms with Crippen LogP contribution in [-0.2, 0) is 4.74 Å². The third kappa shape index (κ3) is 2.29. The highest BCUT2D eigenvalue weighted by Crippen LogP contribution is 2.06. The zero-order valence-electron chi connectivity index (χ0n) is 8.03. The molecule has 0 saturated heterocycles. The number of benzene rings is 1. The van der Waals surface area contributed by atoms with Gasteiger partial charge in [-0.25, -0.2) is 4.79 Å². The molecule has 0 atom stereocenters. The van der Waals surface area contributed by atoms with E-state index >= 15 is 0 Å². The maximum absolute atomic E-state index is 11.2. The second kappa shape index (κ2) is 4.72. The summed E-state index contributed by atoms with van der Waals surface area (Å²) in [7, 11) is 3.10. The van der Waals surface area contributed by atoms with Crippen LogP contribution in [0.4, 0.5) is 0 Å². The largest absolute Gasteiger partial charge is 0.465 e. The molecule has 0 saturated carbocycles. The third-order valence-electron chi connectivity index (χ3n) is 1.77. The normalized spacial score (nSPS) is 9.29. The Balaban J connectivity index is 3.01. The molecule has 0 aliphatic heterocycles. The van der Waals surface area contributed by atoms with E-state index in [1.807, 2.05) is 6.07 Å². The molecule has 74 valence electrons. The van der Waals surface area contributed by atoms with Gasteiger partial charge in [-0.05, 0) is 12.1 Å². The molecule has 0 aromatic heterocycles. The lowest BCUT2D eigenvalue weighted by atomic mass is 10.1. The highest BCUT2D eigenvalue weighted by atomic mass is 32.1. The quantitative estimate of drug-likeness (QED) is 0.589. The van der Waals surface area contributed by atoms with Crippen LogP contribution in [0.2, 0.25) is 0 Å². The minimum atomic E-state index is -0.356. The van der Waals surface area contributed by atoms with Crippen LogP contribution in [0.1, 0.15) is 15.9 Å². The number of carbonyl (C=O) groups is 1. The summed E-state index contributed by atoms with van der Waals surface area (Å²) in [5, 5.41) is 2.84. The smallest absolute Gasteiger partial charge is 0.337 e. The van der Waals surface area contributed by atoms with Gasteiger partial charge < -0.3 is 10.1 Å². The van der Waals surface area contributed by atoms with Crippen LogP contribution < -0.4 is 5.32 Å². The van der Waals surface area contributed by atoms with Crippen molar-refractivity contribution in [1.29, 1.82) is 0 Å². The number of esters is 1. The van der Waals surface area contributed by atoms with Gasteiger partial charge in [-0.15, -0.1) is 0 Å². The second-order valence-corrected chi connectivity index (χ2v) is 3.06. The van der Waals surface area contributed by atoms with E-state index in [1.54, 1.807) is 25.2 Å². The molecule has 0 aliphatic rings. The Morgan fingerprint density at radius 1 is 1.43 bits per heavy atom. The van der Waals surface area contributed by atoms with E-state index in [0.29, 0.717) is 10.6 Å². The van der Waals surface area contributed by atoms with Gasteiger partial charge in [0.15, 0.2) is 0 Å². The monoisotopic (exact) mass is 209 g/mol. The fraction of sp³-hybridized carbons (Fsp3) is 0.200. The van der Waals surface area contributed by atoms with Gasteiger partial charge in [0, 0.05) is 12.6 Å². The average molecular weight is 209 g/mol. The Hall–Kier alpha value is -1.42. The first kappa shape index (κ1) is 10.7. The minimum absolute atomic E-state index is 0.356. The summed E-state index contributed by atoms with van der Waals surface area (Å²) >= 11 is 5.04. The second-order valence-electron chi connectivity index (χ2n) is 2.65. The van der Waals surface area contributed by atoms with Gasteiger partial charge in [-0.3, -0.25) is 0 Å². The lowest BCUT2D eigenvalue weighted by Crippen LogP contribution is -2.17. The molecule has 1 aromatic rings. The highest BCUT2D eigenvalue weighted by Gasteiger charge is 2.06. The van der Waals surface area contributed by atoms with Gasteiger partial charge >= 0.3 is 5.97 Å². The predicted molar refractivity (Wildman–Crippen MR) is 58.5 cm³/mol. The van der Waals surface area contributed by atoms with Crippen molar-refractivity contribution in [2.24, 2.45) is 0 Å². The number of carbonyl (C=O) groups excluding carboxylic acids is 1. The molecule has 14 heavy (non-hydrogen) atoms. The molecule has 0 bridgehead atoms. The molecular formula is C10H11NO2S. The lowest BCUT2D eigenvalue weighted by Gasteiger charge is -2.04. The molecule has 0 aliphatic carbocycles.